The number of aliphatic hydroxyl groups excluding tert-OH is 4. The Hall–Kier alpha value is -1.20. The monoisotopic (exact) mass is 616 g/mol. The van der Waals surface area contributed by atoms with E-state index in [9.17, 15) is 30.0 Å². The fourth-order valence-electron chi connectivity index (χ4n) is 11.9. The van der Waals surface area contributed by atoms with Gasteiger partial charge in [-0.3, -0.25) is 9.59 Å². The summed E-state index contributed by atoms with van der Waals surface area (Å²) in [6, 6.07) is 0. The van der Waals surface area contributed by atoms with Crippen LogP contribution < -0.4 is 0 Å². The van der Waals surface area contributed by atoms with Gasteiger partial charge in [0.15, 0.2) is 12.1 Å². The van der Waals surface area contributed by atoms with Gasteiger partial charge in [0.05, 0.1) is 24.4 Å². The first kappa shape index (κ1) is 31.4. The molecule has 4 saturated carbocycles. The molecule has 4 N–H and O–H groups in total. The standard InChI is InChI=1S/C35H52O9/c1-17(12-18(36)28-31(4,5)44-28)25-19(37)13-32(6)22-9-8-21-30(2,3)24(43-29-27(41)26(40)20(38)15-42-29)10-11-34(21)16-35(22,34)23(39)14-33(25,32)7/h9,17,20-21,23-29,38-41H,8,10-16H2,1-7H3/t17-,20+,21-,23-,24-,25-,26+,27+,28+,29+,32-,33-,34+,35-/m1/s1. The molecule has 0 bridgehead atoms. The zero-order valence-corrected chi connectivity index (χ0v) is 27.3. The highest BCUT2D eigenvalue weighted by molar-refractivity contribution is 5.90. The van der Waals surface area contributed by atoms with Crippen LogP contribution in [0.25, 0.3) is 0 Å². The molecular formula is C35H52O9. The number of Topliss-reactive ketones (excluding diaryl/α,β-unsaturated/α-hetero) is 2. The number of carbonyl (C=O) groups is 2. The molecule has 0 amide bonds. The van der Waals surface area contributed by atoms with Crippen LogP contribution in [0.3, 0.4) is 0 Å². The average Bonchev–Trinajstić information content (AvgIpc) is 3.78. The lowest BCUT2D eigenvalue weighted by atomic mass is 9.44. The molecule has 0 unspecified atom stereocenters. The number of aliphatic hydroxyl groups is 4. The molecule has 7 aliphatic rings. The van der Waals surface area contributed by atoms with E-state index >= 15 is 0 Å². The highest BCUT2D eigenvalue weighted by Crippen LogP contribution is 2.87. The largest absolute Gasteiger partial charge is 0.392 e. The highest BCUT2D eigenvalue weighted by atomic mass is 16.7. The van der Waals surface area contributed by atoms with Crippen LogP contribution in [0.15, 0.2) is 11.6 Å². The van der Waals surface area contributed by atoms with E-state index in [1.54, 1.807) is 0 Å². The molecule has 14 atom stereocenters. The third-order valence-corrected chi connectivity index (χ3v) is 14.4. The first-order valence-electron chi connectivity index (χ1n) is 16.8. The first-order chi connectivity index (χ1) is 20.4. The SMILES string of the molecule is C[C@H](CC(=O)[C@@H]1OC1(C)C)[C@@H]1C(=O)C[C@]2(C)C3=CC[C@@H]4C(C)(C)[C@H](O[C@@H]5OC[C@H](O)[C@H](O)[C@@H]5O)CC[C@]45C[C@]35[C@H](O)C[C@]12C. The molecule has 9 heteroatoms. The van der Waals surface area contributed by atoms with E-state index in [4.69, 9.17) is 14.2 Å². The summed E-state index contributed by atoms with van der Waals surface area (Å²) in [5, 5.41) is 42.9. The first-order valence-corrected chi connectivity index (χ1v) is 16.8. The zero-order valence-electron chi connectivity index (χ0n) is 27.3. The van der Waals surface area contributed by atoms with E-state index < -0.39 is 47.8 Å². The van der Waals surface area contributed by atoms with Crippen molar-refractivity contribution in [2.24, 2.45) is 44.8 Å². The molecule has 5 aliphatic carbocycles. The van der Waals surface area contributed by atoms with Crippen LogP contribution in [0.5, 0.6) is 0 Å². The fraction of sp³-hybridized carbons (Fsp3) is 0.886. The fourth-order valence-corrected chi connectivity index (χ4v) is 11.9. The van der Waals surface area contributed by atoms with Crippen molar-refractivity contribution in [1.82, 2.24) is 0 Å². The van der Waals surface area contributed by atoms with Gasteiger partial charge in [-0.2, -0.15) is 0 Å². The number of hydrogen-bond acceptors (Lipinski definition) is 9. The quantitative estimate of drug-likeness (QED) is 0.261. The number of epoxide rings is 1. The second kappa shape index (κ2) is 9.45. The van der Waals surface area contributed by atoms with Crippen molar-refractivity contribution < 1.29 is 44.2 Å². The highest BCUT2D eigenvalue weighted by Gasteiger charge is 2.84. The molecule has 2 saturated heterocycles. The summed E-state index contributed by atoms with van der Waals surface area (Å²) < 4.78 is 17.6. The Morgan fingerprint density at radius 2 is 1.77 bits per heavy atom. The van der Waals surface area contributed by atoms with E-state index in [1.807, 2.05) is 20.8 Å². The number of rotatable bonds is 6. The zero-order chi connectivity index (χ0) is 32.0. The van der Waals surface area contributed by atoms with Crippen molar-refractivity contribution in [3.8, 4) is 0 Å². The second-order valence-corrected chi connectivity index (χ2v) is 17.3. The predicted octanol–water partition coefficient (Wildman–Crippen LogP) is 3.09. The van der Waals surface area contributed by atoms with E-state index in [-0.39, 0.29) is 63.7 Å². The summed E-state index contributed by atoms with van der Waals surface area (Å²) >= 11 is 0. The minimum absolute atomic E-state index is 0.0687. The molecule has 9 nitrogen and oxygen atoms in total. The molecule has 0 radical (unpaired) electrons. The molecule has 0 aromatic rings. The lowest BCUT2D eigenvalue weighted by Crippen LogP contribution is -2.59. The van der Waals surface area contributed by atoms with Crippen LogP contribution in [0.1, 0.15) is 93.4 Å². The smallest absolute Gasteiger partial charge is 0.186 e. The Bertz CT molecular complexity index is 1290. The van der Waals surface area contributed by atoms with Crippen LogP contribution in [-0.4, -0.2) is 87.1 Å². The maximum Gasteiger partial charge on any atom is 0.186 e. The van der Waals surface area contributed by atoms with Crippen molar-refractivity contribution >= 4 is 11.6 Å². The summed E-state index contributed by atoms with van der Waals surface area (Å²) in [6.45, 7) is 14.6. The van der Waals surface area contributed by atoms with Crippen LogP contribution in [0.4, 0.5) is 0 Å². The number of allylic oxidation sites excluding steroid dienone is 1. The van der Waals surface area contributed by atoms with Gasteiger partial charge in [0.2, 0.25) is 0 Å². The van der Waals surface area contributed by atoms with Gasteiger partial charge in [-0.05, 0) is 74.0 Å². The lowest BCUT2D eigenvalue weighted by molar-refractivity contribution is -0.301. The maximum atomic E-state index is 13.9. The summed E-state index contributed by atoms with van der Waals surface area (Å²) in [4.78, 5) is 27.0. The number of fused-ring (bicyclic) bond motifs is 2. The predicted molar refractivity (Wildman–Crippen MR) is 159 cm³/mol. The summed E-state index contributed by atoms with van der Waals surface area (Å²) in [5.74, 6) is 0.0812. The van der Waals surface area contributed by atoms with E-state index in [2.05, 4.69) is 33.8 Å². The number of ketones is 2. The van der Waals surface area contributed by atoms with Crippen molar-refractivity contribution in [3.05, 3.63) is 11.6 Å². The van der Waals surface area contributed by atoms with Gasteiger partial charge >= 0.3 is 0 Å². The van der Waals surface area contributed by atoms with Crippen LogP contribution in [0, 0.1) is 44.8 Å². The van der Waals surface area contributed by atoms with Gasteiger partial charge in [-0.1, -0.05) is 46.3 Å². The van der Waals surface area contributed by atoms with Crippen molar-refractivity contribution in [3.63, 3.8) is 0 Å². The maximum absolute atomic E-state index is 13.9. The number of hydrogen-bond donors (Lipinski definition) is 4. The Kier molecular flexibility index (Phi) is 6.75. The summed E-state index contributed by atoms with van der Waals surface area (Å²) in [6.07, 6.45) is 0.934. The number of ether oxygens (including phenoxy) is 3. The van der Waals surface area contributed by atoms with E-state index in [0.29, 0.717) is 19.3 Å². The lowest BCUT2D eigenvalue weighted by Gasteiger charge is -2.61. The topological polar surface area (TPSA) is 146 Å². The summed E-state index contributed by atoms with van der Waals surface area (Å²) in [7, 11) is 0. The van der Waals surface area contributed by atoms with Crippen LogP contribution in [0.2, 0.25) is 0 Å². The summed E-state index contributed by atoms with van der Waals surface area (Å²) in [5.41, 5.74) is -0.761. The van der Waals surface area contributed by atoms with Crippen molar-refractivity contribution in [2.75, 3.05) is 6.61 Å². The third-order valence-electron chi connectivity index (χ3n) is 14.4. The molecule has 246 valence electrons. The Morgan fingerprint density at radius 1 is 1.09 bits per heavy atom. The minimum Gasteiger partial charge on any atom is -0.392 e. The van der Waals surface area contributed by atoms with Crippen LogP contribution >= 0.6 is 0 Å². The molecular weight excluding hydrogens is 564 g/mol. The Labute approximate surface area is 260 Å². The molecule has 7 rings (SSSR count). The third kappa shape index (κ3) is 3.84. The normalized spacial score (nSPS) is 53.8. The molecule has 2 spiro atoms. The van der Waals surface area contributed by atoms with Gasteiger partial charge < -0.3 is 34.6 Å². The molecule has 44 heavy (non-hydrogen) atoms. The van der Waals surface area contributed by atoms with Gasteiger partial charge in [0.1, 0.15) is 30.2 Å². The van der Waals surface area contributed by atoms with E-state index in [0.717, 1.165) is 25.7 Å². The van der Waals surface area contributed by atoms with Gasteiger partial charge in [0, 0.05) is 29.6 Å². The van der Waals surface area contributed by atoms with Crippen LogP contribution in [-0.2, 0) is 23.8 Å². The molecule has 0 aromatic heterocycles. The molecule has 0 aromatic carbocycles. The van der Waals surface area contributed by atoms with Gasteiger partial charge in [0.25, 0.3) is 0 Å². The minimum atomic E-state index is -1.33. The second-order valence-electron chi connectivity index (χ2n) is 17.3. The molecule has 6 fully saturated rings. The molecule has 2 heterocycles. The van der Waals surface area contributed by atoms with Gasteiger partial charge in [-0.25, -0.2) is 0 Å². The Balaban J connectivity index is 1.15. The van der Waals surface area contributed by atoms with E-state index in [1.165, 1.54) is 5.57 Å². The van der Waals surface area contributed by atoms with Crippen molar-refractivity contribution in [1.29, 1.82) is 0 Å². The van der Waals surface area contributed by atoms with Gasteiger partial charge in [-0.15, -0.1) is 0 Å². The Morgan fingerprint density at radius 3 is 2.43 bits per heavy atom. The average molecular weight is 617 g/mol. The molecule has 2 aliphatic heterocycles. The van der Waals surface area contributed by atoms with Crippen molar-refractivity contribution in [2.45, 2.75) is 142 Å². The number of carbonyl (C=O) groups excluding carboxylic acids is 2.